The Labute approximate surface area is 111 Å². The molecule has 0 bridgehead atoms. The minimum Gasteiger partial charge on any atom is -0.382 e. The van der Waals surface area contributed by atoms with Crippen molar-refractivity contribution in [1.82, 2.24) is 9.78 Å². The summed E-state index contributed by atoms with van der Waals surface area (Å²) in [4.78, 5) is 11.7. The molecule has 0 aliphatic carbocycles. The third kappa shape index (κ3) is 2.54. The number of hydrogen-bond acceptors (Lipinski definition) is 3. The van der Waals surface area contributed by atoms with Crippen LogP contribution in [0.15, 0.2) is 35.1 Å². The Hall–Kier alpha value is -2.43. The highest BCUT2D eigenvalue weighted by molar-refractivity contribution is 5.92. The molecule has 0 atom stereocenters. The molecule has 2 aromatic rings. The Kier molecular flexibility index (Phi) is 3.46. The molecule has 0 amide bonds. The number of aromatic nitrogens is 2. The Morgan fingerprint density at radius 2 is 2.00 bits per heavy atom. The molecule has 2 rings (SSSR count). The first-order valence-electron chi connectivity index (χ1n) is 6.07. The fourth-order valence-corrected chi connectivity index (χ4v) is 1.87. The van der Waals surface area contributed by atoms with Crippen molar-refractivity contribution in [3.8, 4) is 5.69 Å². The molecule has 0 saturated carbocycles. The predicted molar refractivity (Wildman–Crippen MR) is 75.0 cm³/mol. The topological polar surface area (TPSA) is 84.8 Å². The molecule has 3 N–H and O–H groups in total. The van der Waals surface area contributed by atoms with E-state index < -0.39 is 0 Å². The number of nitrogens with two attached hydrogens (primary N) is 1. The smallest absolute Gasteiger partial charge is 0.211 e. The van der Waals surface area contributed by atoms with Crippen LogP contribution in [-0.2, 0) is 6.42 Å². The van der Waals surface area contributed by atoms with Crippen LogP contribution in [0.25, 0.3) is 5.69 Å². The molecular weight excluding hydrogens is 240 g/mol. The third-order valence-corrected chi connectivity index (χ3v) is 2.95. The van der Waals surface area contributed by atoms with Crippen LogP contribution < -0.4 is 11.2 Å². The minimum atomic E-state index is -0.327. The second kappa shape index (κ2) is 5.06. The molecule has 5 nitrogen and oxygen atoms in total. The molecule has 0 fully saturated rings. The van der Waals surface area contributed by atoms with Crippen LogP contribution in [-0.4, -0.2) is 15.6 Å². The van der Waals surface area contributed by atoms with Gasteiger partial charge in [-0.15, -0.1) is 0 Å². The van der Waals surface area contributed by atoms with Gasteiger partial charge in [0.1, 0.15) is 5.84 Å². The van der Waals surface area contributed by atoms with Crippen LogP contribution in [0.2, 0.25) is 0 Å². The van der Waals surface area contributed by atoms with Crippen molar-refractivity contribution >= 4 is 5.84 Å². The maximum atomic E-state index is 11.7. The number of rotatable bonds is 3. The highest BCUT2D eigenvalue weighted by Gasteiger charge is 2.09. The quantitative estimate of drug-likeness (QED) is 0.642. The predicted octanol–water partition coefficient (Wildman–Crippen LogP) is 1.39. The summed E-state index contributed by atoms with van der Waals surface area (Å²) in [5.41, 5.74) is 7.80. The number of hydrogen-bond donors (Lipinski definition) is 2. The Balaban J connectivity index is 2.57. The largest absolute Gasteiger partial charge is 0.382 e. The zero-order valence-electron chi connectivity index (χ0n) is 11.0. The molecule has 0 saturated heterocycles. The van der Waals surface area contributed by atoms with E-state index in [1.54, 1.807) is 11.6 Å². The van der Waals surface area contributed by atoms with Crippen LogP contribution in [0.5, 0.6) is 0 Å². The molecule has 1 aromatic heterocycles. The SMILES string of the molecule is CCc1ccc(-n2nc(C(=N)N)c(=O)cc2C)cc1. The van der Waals surface area contributed by atoms with Crippen molar-refractivity contribution in [3.05, 3.63) is 57.5 Å². The molecule has 0 spiro atoms. The summed E-state index contributed by atoms with van der Waals surface area (Å²) in [7, 11) is 0. The zero-order valence-corrected chi connectivity index (χ0v) is 11.0. The van der Waals surface area contributed by atoms with Gasteiger partial charge >= 0.3 is 0 Å². The summed E-state index contributed by atoms with van der Waals surface area (Å²) in [6, 6.07) is 9.35. The van der Waals surface area contributed by atoms with Gasteiger partial charge < -0.3 is 5.73 Å². The Morgan fingerprint density at radius 1 is 1.37 bits per heavy atom. The third-order valence-electron chi connectivity index (χ3n) is 2.95. The number of aryl methyl sites for hydroxylation is 2. The lowest BCUT2D eigenvalue weighted by Crippen LogP contribution is -2.27. The second-order valence-corrected chi connectivity index (χ2v) is 4.34. The number of nitrogen functional groups attached to an aromatic ring is 1. The standard InChI is InChI=1S/C14H16N4O/c1-3-10-4-6-11(7-5-10)18-9(2)8-12(19)13(17-18)14(15)16/h4-8H,3H2,1-2H3,(H3,15,16). The highest BCUT2D eigenvalue weighted by atomic mass is 16.1. The lowest BCUT2D eigenvalue weighted by atomic mass is 10.1. The molecule has 1 heterocycles. The normalized spacial score (nSPS) is 10.4. The summed E-state index contributed by atoms with van der Waals surface area (Å²) in [6.45, 7) is 3.89. The molecule has 0 radical (unpaired) electrons. The number of amidine groups is 1. The van der Waals surface area contributed by atoms with Crippen LogP contribution in [0.4, 0.5) is 0 Å². The van der Waals surface area contributed by atoms with Crippen molar-refractivity contribution in [2.75, 3.05) is 0 Å². The minimum absolute atomic E-state index is 0.0230. The summed E-state index contributed by atoms with van der Waals surface area (Å²) in [5, 5.41) is 11.5. The van der Waals surface area contributed by atoms with Crippen LogP contribution in [0.3, 0.4) is 0 Å². The van der Waals surface area contributed by atoms with Crippen molar-refractivity contribution in [2.45, 2.75) is 20.3 Å². The van der Waals surface area contributed by atoms with E-state index >= 15 is 0 Å². The molecular formula is C14H16N4O. The van der Waals surface area contributed by atoms with Crippen LogP contribution in [0.1, 0.15) is 23.9 Å². The Morgan fingerprint density at radius 3 is 2.53 bits per heavy atom. The average molecular weight is 256 g/mol. The summed E-state index contributed by atoms with van der Waals surface area (Å²) in [5.74, 6) is -0.316. The maximum absolute atomic E-state index is 11.7. The van der Waals surface area contributed by atoms with Gasteiger partial charge in [0.05, 0.1) is 5.69 Å². The van der Waals surface area contributed by atoms with Crippen molar-refractivity contribution < 1.29 is 0 Å². The summed E-state index contributed by atoms with van der Waals surface area (Å²) in [6.07, 6.45) is 0.968. The second-order valence-electron chi connectivity index (χ2n) is 4.34. The van der Waals surface area contributed by atoms with Gasteiger partial charge in [0.2, 0.25) is 5.43 Å². The van der Waals surface area contributed by atoms with Gasteiger partial charge in [-0.05, 0) is 31.0 Å². The van der Waals surface area contributed by atoms with Crippen LogP contribution >= 0.6 is 0 Å². The monoisotopic (exact) mass is 256 g/mol. The van der Waals surface area contributed by atoms with Gasteiger partial charge in [0, 0.05) is 11.8 Å². The molecule has 0 unspecified atom stereocenters. The summed E-state index contributed by atoms with van der Waals surface area (Å²) < 4.78 is 1.62. The lowest BCUT2D eigenvalue weighted by molar-refractivity contribution is 0.791. The fourth-order valence-electron chi connectivity index (χ4n) is 1.87. The van der Waals surface area contributed by atoms with Crippen molar-refractivity contribution in [3.63, 3.8) is 0 Å². The molecule has 5 heteroatoms. The van der Waals surface area contributed by atoms with E-state index in [-0.39, 0.29) is 17.0 Å². The van der Waals surface area contributed by atoms with Crippen LogP contribution in [0, 0.1) is 12.3 Å². The first kappa shape index (κ1) is 13.0. The Bertz CT molecular complexity index is 671. The molecule has 0 aliphatic rings. The maximum Gasteiger partial charge on any atom is 0.211 e. The van der Waals surface area contributed by atoms with E-state index in [1.165, 1.54) is 11.6 Å². The first-order chi connectivity index (χ1) is 9.02. The molecule has 98 valence electrons. The van der Waals surface area contributed by atoms with E-state index in [4.69, 9.17) is 11.1 Å². The van der Waals surface area contributed by atoms with Gasteiger partial charge in [0.25, 0.3) is 0 Å². The number of nitrogens with zero attached hydrogens (tertiary/aromatic N) is 2. The van der Waals surface area contributed by atoms with Gasteiger partial charge in [-0.3, -0.25) is 10.2 Å². The van der Waals surface area contributed by atoms with E-state index in [0.717, 1.165) is 12.1 Å². The van der Waals surface area contributed by atoms with E-state index in [1.807, 2.05) is 24.3 Å². The fraction of sp³-hybridized carbons (Fsp3) is 0.214. The van der Waals surface area contributed by atoms with E-state index in [9.17, 15) is 4.79 Å². The average Bonchev–Trinajstić information content (AvgIpc) is 2.38. The van der Waals surface area contributed by atoms with Gasteiger partial charge in [-0.1, -0.05) is 19.1 Å². The molecule has 19 heavy (non-hydrogen) atoms. The number of nitrogens with one attached hydrogen (secondary N) is 1. The van der Waals surface area contributed by atoms with Gasteiger partial charge in [-0.2, -0.15) is 5.10 Å². The molecule has 0 aliphatic heterocycles. The van der Waals surface area contributed by atoms with E-state index in [2.05, 4.69) is 12.0 Å². The zero-order chi connectivity index (χ0) is 14.0. The van der Waals surface area contributed by atoms with Gasteiger partial charge in [-0.25, -0.2) is 4.68 Å². The number of benzene rings is 1. The van der Waals surface area contributed by atoms with Crippen molar-refractivity contribution in [2.24, 2.45) is 5.73 Å². The first-order valence-corrected chi connectivity index (χ1v) is 6.07. The van der Waals surface area contributed by atoms with Gasteiger partial charge in [0.15, 0.2) is 5.69 Å². The lowest BCUT2D eigenvalue weighted by Gasteiger charge is -2.11. The summed E-state index contributed by atoms with van der Waals surface area (Å²) >= 11 is 0. The van der Waals surface area contributed by atoms with Crippen molar-refractivity contribution in [1.29, 1.82) is 5.41 Å². The van der Waals surface area contributed by atoms with E-state index in [0.29, 0.717) is 5.69 Å². The molecule has 1 aromatic carbocycles. The highest BCUT2D eigenvalue weighted by Crippen LogP contribution is 2.10.